The summed E-state index contributed by atoms with van der Waals surface area (Å²) in [7, 11) is 4.08. The van der Waals surface area contributed by atoms with Gasteiger partial charge in [-0.25, -0.2) is 0 Å². The molecule has 0 aliphatic rings. The Bertz CT molecular complexity index is 280. The number of anilines is 1. The fourth-order valence-corrected chi connectivity index (χ4v) is 1.10. The number of aldehydes is 1. The van der Waals surface area contributed by atoms with Gasteiger partial charge in [-0.05, 0) is 38.4 Å². The largest absolute Gasteiger partial charge is 0.384 e. The van der Waals surface area contributed by atoms with E-state index in [0.717, 1.165) is 25.1 Å². The standard InChI is InChI=1S/C11H16N2O/c1-13(2)8-7-12-11-5-3-10(9-14)4-6-11/h3-6,9,12H,7-8H2,1-2H3. The molecule has 0 unspecified atom stereocenters. The van der Waals surface area contributed by atoms with Gasteiger partial charge in [0.1, 0.15) is 6.29 Å². The molecular formula is C11H16N2O. The molecule has 1 N–H and O–H groups in total. The molecule has 0 bridgehead atoms. The molecule has 0 heterocycles. The van der Waals surface area contributed by atoms with E-state index in [2.05, 4.69) is 10.2 Å². The first kappa shape index (κ1) is 10.7. The van der Waals surface area contributed by atoms with Crippen LogP contribution in [0.5, 0.6) is 0 Å². The van der Waals surface area contributed by atoms with Crippen molar-refractivity contribution in [1.29, 1.82) is 0 Å². The van der Waals surface area contributed by atoms with E-state index in [1.165, 1.54) is 0 Å². The van der Waals surface area contributed by atoms with E-state index >= 15 is 0 Å². The van der Waals surface area contributed by atoms with Gasteiger partial charge in [0.05, 0.1) is 0 Å². The summed E-state index contributed by atoms with van der Waals surface area (Å²) in [5, 5.41) is 3.27. The quantitative estimate of drug-likeness (QED) is 0.717. The molecule has 1 aromatic carbocycles. The van der Waals surface area contributed by atoms with Gasteiger partial charge in [0.2, 0.25) is 0 Å². The lowest BCUT2D eigenvalue weighted by Gasteiger charge is -2.11. The van der Waals surface area contributed by atoms with Crippen molar-refractivity contribution in [2.75, 3.05) is 32.5 Å². The molecule has 0 atom stereocenters. The van der Waals surface area contributed by atoms with Gasteiger partial charge in [-0.3, -0.25) is 4.79 Å². The maximum absolute atomic E-state index is 10.4. The zero-order valence-corrected chi connectivity index (χ0v) is 8.66. The SMILES string of the molecule is CN(C)CCNc1ccc(C=O)cc1. The summed E-state index contributed by atoms with van der Waals surface area (Å²) >= 11 is 0. The van der Waals surface area contributed by atoms with Crippen LogP contribution in [0, 0.1) is 0 Å². The third-order valence-electron chi connectivity index (χ3n) is 1.93. The van der Waals surface area contributed by atoms with Gasteiger partial charge in [0.15, 0.2) is 0 Å². The minimum absolute atomic E-state index is 0.711. The van der Waals surface area contributed by atoms with Crippen molar-refractivity contribution in [3.05, 3.63) is 29.8 Å². The first-order chi connectivity index (χ1) is 6.72. The topological polar surface area (TPSA) is 32.3 Å². The van der Waals surface area contributed by atoms with Crippen LogP contribution >= 0.6 is 0 Å². The molecule has 3 nitrogen and oxygen atoms in total. The summed E-state index contributed by atoms with van der Waals surface area (Å²) in [4.78, 5) is 12.5. The maximum Gasteiger partial charge on any atom is 0.150 e. The predicted octanol–water partition coefficient (Wildman–Crippen LogP) is 1.47. The normalized spacial score (nSPS) is 10.2. The number of likely N-dealkylation sites (N-methyl/N-ethyl adjacent to an activating group) is 1. The summed E-state index contributed by atoms with van der Waals surface area (Å²) in [6, 6.07) is 7.45. The second-order valence-corrected chi connectivity index (χ2v) is 3.47. The minimum Gasteiger partial charge on any atom is -0.384 e. The van der Waals surface area contributed by atoms with Crippen molar-refractivity contribution in [3.63, 3.8) is 0 Å². The summed E-state index contributed by atoms with van der Waals surface area (Å²) in [6.45, 7) is 1.91. The van der Waals surface area contributed by atoms with Crippen molar-refractivity contribution >= 4 is 12.0 Å². The third kappa shape index (κ3) is 3.58. The Balaban J connectivity index is 2.40. The van der Waals surface area contributed by atoms with Gasteiger partial charge in [0, 0.05) is 24.3 Å². The van der Waals surface area contributed by atoms with Crippen molar-refractivity contribution in [1.82, 2.24) is 4.90 Å². The fraction of sp³-hybridized carbons (Fsp3) is 0.364. The average Bonchev–Trinajstić information content (AvgIpc) is 2.18. The van der Waals surface area contributed by atoms with E-state index in [4.69, 9.17) is 0 Å². The Morgan fingerprint density at radius 2 is 1.93 bits per heavy atom. The smallest absolute Gasteiger partial charge is 0.150 e. The van der Waals surface area contributed by atoms with Crippen LogP contribution in [0.15, 0.2) is 24.3 Å². The lowest BCUT2D eigenvalue weighted by Crippen LogP contribution is -2.20. The number of rotatable bonds is 5. The molecule has 76 valence electrons. The summed E-state index contributed by atoms with van der Waals surface area (Å²) in [6.07, 6.45) is 0.851. The molecular weight excluding hydrogens is 176 g/mol. The number of carbonyl (C=O) groups is 1. The van der Waals surface area contributed by atoms with Gasteiger partial charge >= 0.3 is 0 Å². The monoisotopic (exact) mass is 192 g/mol. The number of nitrogens with one attached hydrogen (secondary N) is 1. The second kappa shape index (κ2) is 5.40. The predicted molar refractivity (Wildman–Crippen MR) is 58.9 cm³/mol. The Hall–Kier alpha value is -1.35. The Kier molecular flexibility index (Phi) is 4.13. The van der Waals surface area contributed by atoms with Crippen molar-refractivity contribution in [3.8, 4) is 0 Å². The van der Waals surface area contributed by atoms with E-state index in [1.54, 1.807) is 0 Å². The molecule has 14 heavy (non-hydrogen) atoms. The van der Waals surface area contributed by atoms with E-state index in [9.17, 15) is 4.79 Å². The summed E-state index contributed by atoms with van der Waals surface area (Å²) < 4.78 is 0. The van der Waals surface area contributed by atoms with Crippen LogP contribution in [-0.4, -0.2) is 38.4 Å². The summed E-state index contributed by atoms with van der Waals surface area (Å²) in [5.74, 6) is 0. The van der Waals surface area contributed by atoms with Crippen LogP contribution < -0.4 is 5.32 Å². The van der Waals surface area contributed by atoms with E-state index < -0.39 is 0 Å². The molecule has 0 aromatic heterocycles. The number of benzene rings is 1. The molecule has 0 spiro atoms. The van der Waals surface area contributed by atoms with Crippen molar-refractivity contribution in [2.45, 2.75) is 0 Å². The lowest BCUT2D eigenvalue weighted by atomic mass is 10.2. The second-order valence-electron chi connectivity index (χ2n) is 3.47. The first-order valence-corrected chi connectivity index (χ1v) is 4.66. The molecule has 0 aliphatic heterocycles. The van der Waals surface area contributed by atoms with E-state index in [0.29, 0.717) is 5.56 Å². The molecule has 1 rings (SSSR count). The van der Waals surface area contributed by atoms with Gasteiger partial charge in [0.25, 0.3) is 0 Å². The number of hydrogen-bond acceptors (Lipinski definition) is 3. The van der Waals surface area contributed by atoms with Gasteiger partial charge in [-0.2, -0.15) is 0 Å². The van der Waals surface area contributed by atoms with Crippen LogP contribution in [0.25, 0.3) is 0 Å². The number of carbonyl (C=O) groups excluding carboxylic acids is 1. The molecule has 0 saturated carbocycles. The minimum atomic E-state index is 0.711. The van der Waals surface area contributed by atoms with Crippen LogP contribution in [0.2, 0.25) is 0 Å². The molecule has 0 aliphatic carbocycles. The number of nitrogens with zero attached hydrogens (tertiary/aromatic N) is 1. The van der Waals surface area contributed by atoms with Crippen molar-refractivity contribution < 1.29 is 4.79 Å². The van der Waals surface area contributed by atoms with Crippen LogP contribution in [0.1, 0.15) is 10.4 Å². The highest BCUT2D eigenvalue weighted by atomic mass is 16.1. The van der Waals surface area contributed by atoms with Crippen molar-refractivity contribution in [2.24, 2.45) is 0 Å². The highest BCUT2D eigenvalue weighted by Gasteiger charge is 1.93. The molecule has 0 saturated heterocycles. The highest BCUT2D eigenvalue weighted by molar-refractivity contribution is 5.75. The van der Waals surface area contributed by atoms with Crippen LogP contribution in [-0.2, 0) is 0 Å². The zero-order chi connectivity index (χ0) is 10.4. The van der Waals surface area contributed by atoms with Crippen LogP contribution in [0.3, 0.4) is 0 Å². The lowest BCUT2D eigenvalue weighted by molar-refractivity contribution is 0.112. The van der Waals surface area contributed by atoms with Gasteiger partial charge < -0.3 is 10.2 Å². The van der Waals surface area contributed by atoms with Gasteiger partial charge in [-0.15, -0.1) is 0 Å². The fourth-order valence-electron chi connectivity index (χ4n) is 1.10. The van der Waals surface area contributed by atoms with E-state index in [1.807, 2.05) is 38.4 Å². The molecule has 1 aromatic rings. The van der Waals surface area contributed by atoms with Gasteiger partial charge in [-0.1, -0.05) is 0 Å². The highest BCUT2D eigenvalue weighted by Crippen LogP contribution is 2.07. The first-order valence-electron chi connectivity index (χ1n) is 4.66. The summed E-state index contributed by atoms with van der Waals surface area (Å²) in [5.41, 5.74) is 1.76. The maximum atomic E-state index is 10.4. The molecule has 0 fully saturated rings. The van der Waals surface area contributed by atoms with Crippen LogP contribution in [0.4, 0.5) is 5.69 Å². The Morgan fingerprint density at radius 1 is 1.29 bits per heavy atom. The molecule has 3 heteroatoms. The Morgan fingerprint density at radius 3 is 2.43 bits per heavy atom. The molecule has 0 amide bonds. The van der Waals surface area contributed by atoms with E-state index in [-0.39, 0.29) is 0 Å². The average molecular weight is 192 g/mol. The third-order valence-corrected chi connectivity index (χ3v) is 1.93. The number of hydrogen-bond donors (Lipinski definition) is 1. The zero-order valence-electron chi connectivity index (χ0n) is 8.66. The Labute approximate surface area is 84.7 Å². The molecule has 0 radical (unpaired) electrons.